The first-order chi connectivity index (χ1) is 8.54. The lowest BCUT2D eigenvalue weighted by Crippen LogP contribution is -2.29. The number of amides is 3. The molecule has 0 aromatic heterocycles. The van der Waals surface area contributed by atoms with Crippen LogP contribution >= 0.6 is 0 Å². The molecule has 2 rings (SSSR count). The maximum absolute atomic E-state index is 12.9. The Hall–Kier alpha value is -2.44. The first kappa shape index (κ1) is 12.0. The van der Waals surface area contributed by atoms with Crippen molar-refractivity contribution >= 4 is 23.6 Å². The number of halogens is 1. The molecular formula is C11H11FN4O2. The third kappa shape index (κ3) is 2.82. The van der Waals surface area contributed by atoms with Crippen LogP contribution in [0.4, 0.5) is 14.9 Å². The fourth-order valence-corrected chi connectivity index (χ4v) is 1.48. The normalized spacial score (nSPS) is 16.9. The molecule has 0 aliphatic carbocycles. The van der Waals surface area contributed by atoms with E-state index in [0.717, 1.165) is 0 Å². The van der Waals surface area contributed by atoms with Gasteiger partial charge >= 0.3 is 6.03 Å². The van der Waals surface area contributed by atoms with Crippen LogP contribution in [0.3, 0.4) is 0 Å². The predicted molar refractivity (Wildman–Crippen MR) is 63.6 cm³/mol. The van der Waals surface area contributed by atoms with Crippen LogP contribution in [0.1, 0.15) is 0 Å². The van der Waals surface area contributed by atoms with Gasteiger partial charge in [0, 0.05) is 12.7 Å². The van der Waals surface area contributed by atoms with Gasteiger partial charge in [0.05, 0.1) is 6.54 Å². The van der Waals surface area contributed by atoms with Gasteiger partial charge in [-0.05, 0) is 18.2 Å². The van der Waals surface area contributed by atoms with Crippen LogP contribution in [0.15, 0.2) is 29.3 Å². The second-order valence-electron chi connectivity index (χ2n) is 3.78. The van der Waals surface area contributed by atoms with Gasteiger partial charge in [-0.1, -0.05) is 6.07 Å². The summed E-state index contributed by atoms with van der Waals surface area (Å²) in [6.07, 6.45) is 0. The van der Waals surface area contributed by atoms with E-state index in [0.29, 0.717) is 5.69 Å². The maximum Gasteiger partial charge on any atom is 0.348 e. The van der Waals surface area contributed by atoms with E-state index < -0.39 is 11.8 Å². The average Bonchev–Trinajstić information content (AvgIpc) is 2.57. The molecule has 1 aliphatic heterocycles. The lowest BCUT2D eigenvalue weighted by atomic mass is 10.3. The van der Waals surface area contributed by atoms with Gasteiger partial charge in [0.2, 0.25) is 11.9 Å². The number of nitrogens with one attached hydrogen (secondary N) is 2. The van der Waals surface area contributed by atoms with E-state index >= 15 is 0 Å². The van der Waals surface area contributed by atoms with Crippen molar-refractivity contribution in [1.82, 2.24) is 10.2 Å². The Kier molecular flexibility index (Phi) is 3.22. The summed E-state index contributed by atoms with van der Waals surface area (Å²) in [6.45, 7) is 0.159. The molecule has 6 nitrogen and oxygen atoms in total. The number of guanidine groups is 1. The third-order valence-electron chi connectivity index (χ3n) is 2.28. The Balaban J connectivity index is 2.05. The second kappa shape index (κ2) is 4.82. The zero-order valence-corrected chi connectivity index (χ0v) is 9.61. The van der Waals surface area contributed by atoms with Crippen LogP contribution in [-0.2, 0) is 4.79 Å². The molecule has 1 aromatic carbocycles. The summed E-state index contributed by atoms with van der Waals surface area (Å²) in [5, 5.41) is 4.83. The molecule has 0 radical (unpaired) electrons. The first-order valence-electron chi connectivity index (χ1n) is 5.21. The number of nitrogens with zero attached hydrogens (tertiary/aromatic N) is 2. The van der Waals surface area contributed by atoms with Crippen LogP contribution in [0, 0.1) is 5.82 Å². The van der Waals surface area contributed by atoms with Crippen molar-refractivity contribution in [2.75, 3.05) is 18.9 Å². The zero-order valence-electron chi connectivity index (χ0n) is 9.61. The van der Waals surface area contributed by atoms with Crippen molar-refractivity contribution < 1.29 is 14.0 Å². The average molecular weight is 250 g/mol. The highest BCUT2D eigenvalue weighted by Crippen LogP contribution is 2.09. The van der Waals surface area contributed by atoms with E-state index in [1.807, 2.05) is 0 Å². The fraction of sp³-hybridized carbons (Fsp3) is 0.182. The number of benzene rings is 1. The Morgan fingerprint density at radius 2 is 2.33 bits per heavy atom. The molecule has 1 heterocycles. The SMILES string of the molecule is CN1CC(=O)N/C1=N/C(=O)Nc1cccc(F)c1. The van der Waals surface area contributed by atoms with Crippen molar-refractivity contribution in [1.29, 1.82) is 0 Å². The first-order valence-corrected chi connectivity index (χ1v) is 5.21. The van der Waals surface area contributed by atoms with Gasteiger partial charge in [0.1, 0.15) is 5.82 Å². The van der Waals surface area contributed by atoms with Crippen molar-refractivity contribution in [3.05, 3.63) is 30.1 Å². The maximum atomic E-state index is 12.9. The smallest absolute Gasteiger partial charge is 0.336 e. The molecule has 0 unspecified atom stereocenters. The molecule has 0 atom stereocenters. The lowest BCUT2D eigenvalue weighted by Gasteiger charge is -2.08. The van der Waals surface area contributed by atoms with Gasteiger partial charge in [0.25, 0.3) is 0 Å². The van der Waals surface area contributed by atoms with Crippen molar-refractivity contribution in [3.8, 4) is 0 Å². The highest BCUT2D eigenvalue weighted by molar-refractivity contribution is 6.09. The Morgan fingerprint density at radius 1 is 1.56 bits per heavy atom. The minimum absolute atomic E-state index is 0.159. The van der Waals surface area contributed by atoms with E-state index in [1.54, 1.807) is 7.05 Å². The number of likely N-dealkylation sites (N-methyl/N-ethyl adjacent to an activating group) is 1. The van der Waals surface area contributed by atoms with Crippen molar-refractivity contribution in [3.63, 3.8) is 0 Å². The number of hydrogen-bond acceptors (Lipinski definition) is 2. The monoisotopic (exact) mass is 250 g/mol. The quantitative estimate of drug-likeness (QED) is 0.773. The summed E-state index contributed by atoms with van der Waals surface area (Å²) in [4.78, 5) is 27.7. The zero-order chi connectivity index (χ0) is 13.1. The molecule has 1 aromatic rings. The van der Waals surface area contributed by atoms with E-state index in [1.165, 1.54) is 29.2 Å². The summed E-state index contributed by atoms with van der Waals surface area (Å²) >= 11 is 0. The second-order valence-corrected chi connectivity index (χ2v) is 3.78. The Morgan fingerprint density at radius 3 is 2.94 bits per heavy atom. The van der Waals surface area contributed by atoms with Gasteiger partial charge in [-0.2, -0.15) is 4.99 Å². The largest absolute Gasteiger partial charge is 0.348 e. The third-order valence-corrected chi connectivity index (χ3v) is 2.28. The summed E-state index contributed by atoms with van der Waals surface area (Å²) < 4.78 is 12.9. The van der Waals surface area contributed by atoms with E-state index in [-0.39, 0.29) is 18.4 Å². The molecule has 3 amide bonds. The van der Waals surface area contributed by atoms with Gasteiger partial charge in [-0.3, -0.25) is 10.1 Å². The number of hydrogen-bond donors (Lipinski definition) is 2. The number of carbonyl (C=O) groups excluding carboxylic acids is 2. The van der Waals surface area contributed by atoms with E-state index in [9.17, 15) is 14.0 Å². The topological polar surface area (TPSA) is 73.8 Å². The summed E-state index contributed by atoms with van der Waals surface area (Å²) in [5.74, 6) is -0.504. The number of urea groups is 1. The number of carbonyl (C=O) groups is 2. The van der Waals surface area contributed by atoms with Gasteiger partial charge in [-0.25, -0.2) is 9.18 Å². The molecule has 1 saturated heterocycles. The molecule has 1 fully saturated rings. The van der Waals surface area contributed by atoms with Crippen molar-refractivity contribution in [2.45, 2.75) is 0 Å². The van der Waals surface area contributed by atoms with Crippen LogP contribution < -0.4 is 10.6 Å². The number of anilines is 1. The number of rotatable bonds is 1. The van der Waals surface area contributed by atoms with Crippen molar-refractivity contribution in [2.24, 2.45) is 4.99 Å². The summed E-state index contributed by atoms with van der Waals surface area (Å²) in [5.41, 5.74) is 0.302. The van der Waals surface area contributed by atoms with Gasteiger partial charge in [0.15, 0.2) is 0 Å². The molecule has 94 valence electrons. The molecule has 0 spiro atoms. The fourth-order valence-electron chi connectivity index (χ4n) is 1.48. The van der Waals surface area contributed by atoms with Crippen LogP contribution in [-0.4, -0.2) is 36.4 Å². The Labute approximate surface area is 102 Å². The van der Waals surface area contributed by atoms with Gasteiger partial charge < -0.3 is 10.2 Å². The molecule has 0 bridgehead atoms. The molecule has 2 N–H and O–H groups in total. The minimum Gasteiger partial charge on any atom is -0.336 e. The predicted octanol–water partition coefficient (Wildman–Crippen LogP) is 0.775. The van der Waals surface area contributed by atoms with E-state index in [2.05, 4.69) is 15.6 Å². The highest BCUT2D eigenvalue weighted by atomic mass is 19.1. The highest BCUT2D eigenvalue weighted by Gasteiger charge is 2.22. The van der Waals surface area contributed by atoms with E-state index in [4.69, 9.17) is 0 Å². The minimum atomic E-state index is -0.676. The van der Waals surface area contributed by atoms with Gasteiger partial charge in [-0.15, -0.1) is 0 Å². The van der Waals surface area contributed by atoms with Crippen LogP contribution in [0.2, 0.25) is 0 Å². The molecule has 1 aliphatic rings. The van der Waals surface area contributed by atoms with Crippen LogP contribution in [0.5, 0.6) is 0 Å². The van der Waals surface area contributed by atoms with Crippen LogP contribution in [0.25, 0.3) is 0 Å². The number of aliphatic imine (C=N–C) groups is 1. The lowest BCUT2D eigenvalue weighted by molar-refractivity contribution is -0.118. The summed E-state index contributed by atoms with van der Waals surface area (Å²) in [6, 6.07) is 4.78. The molecule has 18 heavy (non-hydrogen) atoms. The standard InChI is InChI=1S/C11H11FN4O2/c1-16-6-9(17)14-10(16)15-11(18)13-8-4-2-3-7(12)5-8/h2-5H,6H2,1H3,(H2,13,14,15,17,18). The molecular weight excluding hydrogens is 239 g/mol. The molecule has 7 heteroatoms. The molecule has 0 saturated carbocycles. The Bertz CT molecular complexity index is 530. The summed E-state index contributed by atoms with van der Waals surface area (Å²) in [7, 11) is 1.63.